The van der Waals surface area contributed by atoms with Gasteiger partial charge in [0, 0.05) is 6.47 Å². The second-order valence-electron chi connectivity index (χ2n) is 0.881. The molecule has 0 rings (SSSR count). The minimum atomic E-state index is -5.19. The largest absolute Gasteiger partial charge is 0.554 e. The monoisotopic (exact) mass is 194 g/mol. The van der Waals surface area contributed by atoms with Gasteiger partial charge in [-0.15, -0.1) is 0 Å². The standard InChI is InChI=1S/C2HF3O2.CH2O2.2H3N/c3-2(4,5)1(6)7;2-1-3;;/h(H,6,7);1H,(H,2,3);2*1H3. The Morgan fingerprint density at radius 1 is 1.25 bits per heavy atom. The highest BCUT2D eigenvalue weighted by atomic mass is 19.4. The number of rotatable bonds is 0. The highest BCUT2D eigenvalue weighted by Crippen LogP contribution is 2.11. The molecular formula is C3H9F3N2O4. The topological polar surface area (TPSA) is 153 Å². The van der Waals surface area contributed by atoms with Crippen LogP contribution in [0.15, 0.2) is 0 Å². The van der Waals surface area contributed by atoms with Crippen LogP contribution in [0.1, 0.15) is 0 Å². The molecule has 0 atom stereocenters. The van der Waals surface area contributed by atoms with Crippen molar-refractivity contribution in [3.8, 4) is 0 Å². The summed E-state index contributed by atoms with van der Waals surface area (Å²) in [5.41, 5.74) is 0. The Bertz CT molecular complexity index is 125. The summed E-state index contributed by atoms with van der Waals surface area (Å²) in [6.07, 6.45) is -5.19. The maximum absolute atomic E-state index is 10.5. The van der Waals surface area contributed by atoms with E-state index in [0.29, 0.717) is 0 Å². The maximum atomic E-state index is 10.5. The Morgan fingerprint density at radius 3 is 1.33 bits per heavy atom. The van der Waals surface area contributed by atoms with Gasteiger partial charge < -0.3 is 32.1 Å². The summed E-state index contributed by atoms with van der Waals surface area (Å²) < 4.78 is 31.5. The zero-order chi connectivity index (χ0) is 8.78. The molecule has 12 heavy (non-hydrogen) atoms. The van der Waals surface area contributed by atoms with E-state index in [1.165, 1.54) is 0 Å². The molecule has 0 amide bonds. The fourth-order valence-corrected chi connectivity index (χ4v) is 0. The molecule has 0 saturated heterocycles. The zero-order valence-corrected chi connectivity index (χ0v) is 6.34. The first-order valence-corrected chi connectivity index (χ1v) is 1.70. The quantitative estimate of drug-likeness (QED) is 0.446. The van der Waals surface area contributed by atoms with E-state index in [4.69, 9.17) is 19.8 Å². The van der Waals surface area contributed by atoms with Gasteiger partial charge in [0.2, 0.25) is 0 Å². The van der Waals surface area contributed by atoms with Gasteiger partial charge in [-0.05, 0) is 0 Å². The lowest BCUT2D eigenvalue weighted by Gasteiger charge is -2.03. The molecule has 0 aliphatic heterocycles. The third kappa shape index (κ3) is 23.4. The summed E-state index contributed by atoms with van der Waals surface area (Å²) in [4.78, 5) is 17.0. The molecular weight excluding hydrogens is 185 g/mol. The number of hydrogen-bond donors (Lipinski definition) is 2. The van der Waals surface area contributed by atoms with Gasteiger partial charge >= 0.3 is 6.18 Å². The van der Waals surface area contributed by atoms with Crippen LogP contribution in [-0.2, 0) is 9.59 Å². The van der Waals surface area contributed by atoms with E-state index in [2.05, 4.69) is 0 Å². The zero-order valence-electron chi connectivity index (χ0n) is 6.34. The number of hydrogen-bond acceptors (Lipinski definition) is 4. The molecule has 0 aliphatic rings. The second kappa shape index (κ2) is 9.65. The van der Waals surface area contributed by atoms with Crippen molar-refractivity contribution in [3.63, 3.8) is 0 Å². The Labute approximate surface area is 65.2 Å². The molecule has 0 radical (unpaired) electrons. The van der Waals surface area contributed by atoms with Crippen LogP contribution in [0.2, 0.25) is 0 Å². The molecule has 0 aromatic heterocycles. The molecule has 0 heterocycles. The molecule has 0 spiro atoms. The van der Waals surface area contributed by atoms with Gasteiger partial charge in [0.05, 0.1) is 0 Å². The number of alkyl halides is 3. The molecule has 8 N–H and O–H groups in total. The Morgan fingerprint density at radius 2 is 1.33 bits per heavy atom. The van der Waals surface area contributed by atoms with Crippen molar-refractivity contribution in [2.45, 2.75) is 6.18 Å². The van der Waals surface area contributed by atoms with Crippen molar-refractivity contribution in [1.29, 1.82) is 0 Å². The summed E-state index contributed by atoms with van der Waals surface area (Å²) in [6.45, 7) is -0.500. The van der Waals surface area contributed by atoms with E-state index in [-0.39, 0.29) is 12.3 Å². The normalized spacial score (nSPS) is 7.58. The molecule has 0 fully saturated rings. The van der Waals surface area contributed by atoms with Gasteiger partial charge in [0.1, 0.15) is 5.97 Å². The van der Waals surface area contributed by atoms with Crippen LogP contribution in [-0.4, -0.2) is 18.6 Å². The van der Waals surface area contributed by atoms with Gasteiger partial charge in [-0.3, -0.25) is 0 Å². The molecule has 0 saturated carbocycles. The first kappa shape index (κ1) is 22.4. The van der Waals surface area contributed by atoms with E-state index in [9.17, 15) is 13.2 Å². The lowest BCUT2D eigenvalue weighted by atomic mass is 10.7. The smallest absolute Gasteiger partial charge is 0.430 e. The number of carbonyl (C=O) groups is 2. The van der Waals surface area contributed by atoms with Crippen molar-refractivity contribution in [2.75, 3.05) is 0 Å². The van der Waals surface area contributed by atoms with E-state index < -0.39 is 18.6 Å². The third-order valence-corrected chi connectivity index (χ3v) is 0.231. The SMILES string of the molecule is O=C([O-])C(F)(F)F.O=C[O-].[NH4+].[NH4+]. The van der Waals surface area contributed by atoms with Crippen molar-refractivity contribution < 1.29 is 33.0 Å². The van der Waals surface area contributed by atoms with E-state index in [0.717, 1.165) is 0 Å². The predicted octanol–water partition coefficient (Wildman–Crippen LogP) is -1.58. The average Bonchev–Trinajstić information content (AvgIpc) is 1.64. The fraction of sp³-hybridized carbons (Fsp3) is 0.333. The number of carboxylic acids is 1. The van der Waals surface area contributed by atoms with E-state index >= 15 is 0 Å². The molecule has 0 aliphatic carbocycles. The lowest BCUT2D eigenvalue weighted by Crippen LogP contribution is -2.37. The first-order valence-electron chi connectivity index (χ1n) is 1.70. The molecule has 0 bridgehead atoms. The van der Waals surface area contributed by atoms with Crippen molar-refractivity contribution in [3.05, 3.63) is 0 Å². The summed E-state index contributed by atoms with van der Waals surface area (Å²) in [5, 5.41) is 17.0. The molecule has 0 unspecified atom stereocenters. The minimum Gasteiger partial charge on any atom is -0.554 e. The van der Waals surface area contributed by atoms with Crippen molar-refractivity contribution >= 4 is 12.4 Å². The van der Waals surface area contributed by atoms with Gasteiger partial charge in [-0.25, -0.2) is 0 Å². The van der Waals surface area contributed by atoms with Gasteiger partial charge in [0.15, 0.2) is 0 Å². The van der Waals surface area contributed by atoms with Crippen LogP contribution in [0.4, 0.5) is 13.2 Å². The molecule has 76 valence electrons. The maximum Gasteiger partial charge on any atom is 0.430 e. The predicted molar refractivity (Wildman–Crippen MR) is 29.1 cm³/mol. The third-order valence-electron chi connectivity index (χ3n) is 0.231. The summed E-state index contributed by atoms with van der Waals surface area (Å²) >= 11 is 0. The summed E-state index contributed by atoms with van der Waals surface area (Å²) in [7, 11) is 0. The molecule has 6 nitrogen and oxygen atoms in total. The van der Waals surface area contributed by atoms with Crippen LogP contribution in [0, 0.1) is 0 Å². The van der Waals surface area contributed by atoms with Gasteiger partial charge in [-0.1, -0.05) is 0 Å². The van der Waals surface area contributed by atoms with E-state index in [1.54, 1.807) is 0 Å². The lowest BCUT2D eigenvalue weighted by molar-refractivity contribution is -0.344. The summed E-state index contributed by atoms with van der Waals surface area (Å²) in [6, 6.07) is 0. The summed E-state index contributed by atoms with van der Waals surface area (Å²) in [5.74, 6) is -3.01. The fourth-order valence-electron chi connectivity index (χ4n) is 0. The highest BCUT2D eigenvalue weighted by molar-refractivity contribution is 5.70. The minimum absolute atomic E-state index is 0. The Kier molecular flexibility index (Phi) is 18.0. The number of aliphatic carboxylic acids is 1. The van der Waals surface area contributed by atoms with Crippen LogP contribution in [0.5, 0.6) is 0 Å². The molecule has 0 aromatic carbocycles. The van der Waals surface area contributed by atoms with Crippen molar-refractivity contribution in [2.24, 2.45) is 0 Å². The van der Waals surface area contributed by atoms with Crippen LogP contribution < -0.4 is 22.5 Å². The van der Waals surface area contributed by atoms with Crippen LogP contribution in [0.25, 0.3) is 0 Å². The molecule has 0 aromatic rings. The van der Waals surface area contributed by atoms with Crippen LogP contribution in [0.3, 0.4) is 0 Å². The second-order valence-corrected chi connectivity index (χ2v) is 0.881. The number of carbonyl (C=O) groups excluding carboxylic acids is 2. The highest BCUT2D eigenvalue weighted by Gasteiger charge is 2.28. The Hall–Kier alpha value is -1.35. The van der Waals surface area contributed by atoms with Gasteiger partial charge in [0.25, 0.3) is 0 Å². The first-order chi connectivity index (χ1) is 4.36. The number of carboxylic acid groups (broad SMARTS) is 2. The molecule has 9 heteroatoms. The van der Waals surface area contributed by atoms with Crippen LogP contribution >= 0.6 is 0 Å². The van der Waals surface area contributed by atoms with Crippen molar-refractivity contribution in [1.82, 2.24) is 12.3 Å². The number of quaternary nitrogens is 2. The average molecular weight is 194 g/mol. The van der Waals surface area contributed by atoms with Gasteiger partial charge in [-0.2, -0.15) is 13.2 Å². The van der Waals surface area contributed by atoms with E-state index in [1.807, 2.05) is 0 Å². The Balaban J connectivity index is -0.0000000569. The number of halogens is 3.